The van der Waals surface area contributed by atoms with Crippen molar-refractivity contribution in [2.45, 2.75) is 57.1 Å². The predicted octanol–water partition coefficient (Wildman–Crippen LogP) is 3.45. The van der Waals surface area contributed by atoms with Gasteiger partial charge in [0.05, 0.1) is 11.6 Å². The first-order chi connectivity index (χ1) is 9.26. The van der Waals surface area contributed by atoms with Crippen molar-refractivity contribution in [3.8, 4) is 0 Å². The molecule has 3 heteroatoms. The van der Waals surface area contributed by atoms with Crippen molar-refractivity contribution in [1.29, 1.82) is 0 Å². The highest BCUT2D eigenvalue weighted by molar-refractivity contribution is 5.13. The summed E-state index contributed by atoms with van der Waals surface area (Å²) in [7, 11) is 2.04. The maximum atomic E-state index is 6.03. The van der Waals surface area contributed by atoms with Gasteiger partial charge in [-0.25, -0.2) is 0 Å². The molecule has 2 unspecified atom stereocenters. The van der Waals surface area contributed by atoms with E-state index in [1.807, 2.05) is 7.05 Å². The minimum absolute atomic E-state index is 0.207. The van der Waals surface area contributed by atoms with Gasteiger partial charge in [0.25, 0.3) is 0 Å². The van der Waals surface area contributed by atoms with E-state index in [1.54, 1.807) is 0 Å². The molecule has 2 aliphatic rings. The zero-order chi connectivity index (χ0) is 13.3. The maximum absolute atomic E-state index is 6.03. The Morgan fingerprint density at radius 2 is 2.26 bits per heavy atom. The third-order valence-electron chi connectivity index (χ3n) is 4.92. The molecule has 1 aromatic rings. The smallest absolute Gasteiger partial charge is 0.121 e. The Kier molecular flexibility index (Phi) is 3.68. The molecule has 106 valence electrons. The lowest BCUT2D eigenvalue weighted by Gasteiger charge is -2.48. The van der Waals surface area contributed by atoms with E-state index >= 15 is 0 Å². The highest BCUT2D eigenvalue weighted by atomic mass is 16.5. The molecule has 0 aromatic carbocycles. The second-order valence-electron chi connectivity index (χ2n) is 6.06. The number of ether oxygens (including phenoxy) is 1. The Morgan fingerprint density at radius 3 is 2.84 bits per heavy atom. The van der Waals surface area contributed by atoms with Gasteiger partial charge in [0.1, 0.15) is 11.5 Å². The standard InChI is InChI=1S/C16H25NO2/c1-3-13-5-6-14(19-13)15(17-2)12-7-10-18-16(11-12)8-4-9-16/h5-6,12,15,17H,3-4,7-11H2,1-2H3. The fraction of sp³-hybridized carbons (Fsp3) is 0.750. The Bertz CT molecular complexity index is 422. The van der Waals surface area contributed by atoms with Crippen molar-refractivity contribution in [3.05, 3.63) is 23.7 Å². The molecular formula is C16H25NO2. The van der Waals surface area contributed by atoms with Crippen LogP contribution in [0.2, 0.25) is 0 Å². The van der Waals surface area contributed by atoms with E-state index in [-0.39, 0.29) is 5.60 Å². The van der Waals surface area contributed by atoms with Gasteiger partial charge in [0, 0.05) is 13.0 Å². The summed E-state index contributed by atoms with van der Waals surface area (Å²) in [5.41, 5.74) is 0.207. The summed E-state index contributed by atoms with van der Waals surface area (Å²) in [4.78, 5) is 0. The number of aryl methyl sites for hydroxylation is 1. The van der Waals surface area contributed by atoms with Gasteiger partial charge in [-0.15, -0.1) is 0 Å². The van der Waals surface area contributed by atoms with Crippen LogP contribution in [0.4, 0.5) is 0 Å². The first kappa shape index (κ1) is 13.2. The summed E-state index contributed by atoms with van der Waals surface area (Å²) >= 11 is 0. The molecule has 1 aliphatic carbocycles. The van der Waals surface area contributed by atoms with E-state index in [1.165, 1.54) is 25.7 Å². The lowest BCUT2D eigenvalue weighted by Crippen LogP contribution is -2.47. The Hall–Kier alpha value is -0.800. The van der Waals surface area contributed by atoms with Crippen molar-refractivity contribution >= 4 is 0 Å². The number of furan rings is 1. The van der Waals surface area contributed by atoms with Crippen LogP contribution in [-0.2, 0) is 11.2 Å². The van der Waals surface area contributed by atoms with Crippen LogP contribution < -0.4 is 5.32 Å². The van der Waals surface area contributed by atoms with E-state index < -0.39 is 0 Å². The summed E-state index contributed by atoms with van der Waals surface area (Å²) in [5.74, 6) is 2.82. The van der Waals surface area contributed by atoms with E-state index in [0.717, 1.165) is 31.0 Å². The summed E-state index contributed by atoms with van der Waals surface area (Å²) < 4.78 is 12.0. The van der Waals surface area contributed by atoms with Crippen molar-refractivity contribution in [2.75, 3.05) is 13.7 Å². The molecule has 2 fully saturated rings. The molecular weight excluding hydrogens is 238 g/mol. The van der Waals surface area contributed by atoms with Crippen LogP contribution in [0.5, 0.6) is 0 Å². The van der Waals surface area contributed by atoms with Crippen LogP contribution in [0.25, 0.3) is 0 Å². The third-order valence-corrected chi connectivity index (χ3v) is 4.92. The zero-order valence-corrected chi connectivity index (χ0v) is 12.1. The summed E-state index contributed by atoms with van der Waals surface area (Å²) in [6.45, 7) is 3.04. The fourth-order valence-electron chi connectivity index (χ4n) is 3.63. The van der Waals surface area contributed by atoms with Gasteiger partial charge in [0.2, 0.25) is 0 Å². The van der Waals surface area contributed by atoms with Crippen molar-refractivity contribution in [2.24, 2.45) is 5.92 Å². The average molecular weight is 263 g/mol. The minimum atomic E-state index is 0.207. The van der Waals surface area contributed by atoms with Crippen LogP contribution >= 0.6 is 0 Å². The molecule has 1 aliphatic heterocycles. The van der Waals surface area contributed by atoms with E-state index in [4.69, 9.17) is 9.15 Å². The van der Waals surface area contributed by atoms with Crippen LogP contribution in [0, 0.1) is 5.92 Å². The molecule has 3 nitrogen and oxygen atoms in total. The minimum Gasteiger partial charge on any atom is -0.464 e. The average Bonchev–Trinajstić information content (AvgIpc) is 2.87. The predicted molar refractivity (Wildman–Crippen MR) is 75.1 cm³/mol. The molecule has 2 atom stereocenters. The molecule has 3 rings (SSSR count). The first-order valence-electron chi connectivity index (χ1n) is 7.66. The number of rotatable bonds is 4. The highest BCUT2D eigenvalue weighted by Crippen LogP contribution is 2.47. The Morgan fingerprint density at radius 1 is 1.42 bits per heavy atom. The van der Waals surface area contributed by atoms with Crippen LogP contribution in [0.1, 0.15) is 56.6 Å². The van der Waals surface area contributed by atoms with Gasteiger partial charge in [-0.05, 0) is 57.2 Å². The van der Waals surface area contributed by atoms with Crippen molar-refractivity contribution in [3.63, 3.8) is 0 Å². The topological polar surface area (TPSA) is 34.4 Å². The van der Waals surface area contributed by atoms with Gasteiger partial charge in [-0.1, -0.05) is 6.92 Å². The number of hydrogen-bond acceptors (Lipinski definition) is 3. The van der Waals surface area contributed by atoms with Crippen LogP contribution in [0.15, 0.2) is 16.5 Å². The second-order valence-corrected chi connectivity index (χ2v) is 6.06. The zero-order valence-electron chi connectivity index (χ0n) is 12.1. The molecule has 2 heterocycles. The van der Waals surface area contributed by atoms with Gasteiger partial charge >= 0.3 is 0 Å². The monoisotopic (exact) mass is 263 g/mol. The maximum Gasteiger partial charge on any atom is 0.121 e. The largest absolute Gasteiger partial charge is 0.464 e. The SMILES string of the molecule is CCc1ccc(C(NC)C2CCOC3(CCC3)C2)o1. The molecule has 1 saturated carbocycles. The molecule has 0 radical (unpaired) electrons. The Balaban J connectivity index is 1.74. The molecule has 0 amide bonds. The van der Waals surface area contributed by atoms with E-state index in [9.17, 15) is 0 Å². The van der Waals surface area contributed by atoms with Gasteiger partial charge in [-0.2, -0.15) is 0 Å². The molecule has 1 aromatic heterocycles. The van der Waals surface area contributed by atoms with Crippen molar-refractivity contribution in [1.82, 2.24) is 5.32 Å². The fourth-order valence-corrected chi connectivity index (χ4v) is 3.63. The molecule has 0 bridgehead atoms. The van der Waals surface area contributed by atoms with Crippen LogP contribution in [-0.4, -0.2) is 19.3 Å². The normalized spacial score (nSPS) is 27.2. The quantitative estimate of drug-likeness (QED) is 0.903. The third kappa shape index (κ3) is 2.46. The summed E-state index contributed by atoms with van der Waals surface area (Å²) in [5, 5.41) is 3.46. The lowest BCUT2D eigenvalue weighted by molar-refractivity contribution is -0.147. The van der Waals surface area contributed by atoms with Gasteiger partial charge < -0.3 is 14.5 Å². The van der Waals surface area contributed by atoms with Crippen molar-refractivity contribution < 1.29 is 9.15 Å². The van der Waals surface area contributed by atoms with E-state index in [0.29, 0.717) is 12.0 Å². The van der Waals surface area contributed by atoms with Gasteiger partial charge in [0.15, 0.2) is 0 Å². The summed E-state index contributed by atoms with van der Waals surface area (Å²) in [6, 6.07) is 4.59. The molecule has 1 saturated heterocycles. The first-order valence-corrected chi connectivity index (χ1v) is 7.66. The molecule has 1 spiro atoms. The van der Waals surface area contributed by atoms with E-state index in [2.05, 4.69) is 24.4 Å². The summed E-state index contributed by atoms with van der Waals surface area (Å²) in [6.07, 6.45) is 7.11. The Labute approximate surface area is 115 Å². The lowest BCUT2D eigenvalue weighted by atomic mass is 9.70. The highest BCUT2D eigenvalue weighted by Gasteiger charge is 2.44. The van der Waals surface area contributed by atoms with Crippen LogP contribution in [0.3, 0.4) is 0 Å². The molecule has 19 heavy (non-hydrogen) atoms. The van der Waals surface area contributed by atoms with Gasteiger partial charge in [-0.3, -0.25) is 0 Å². The number of nitrogens with one attached hydrogen (secondary N) is 1. The molecule has 1 N–H and O–H groups in total. The number of hydrogen-bond donors (Lipinski definition) is 1. The second kappa shape index (κ2) is 5.29.